The highest BCUT2D eigenvalue weighted by atomic mass is 32.2. The van der Waals surface area contributed by atoms with E-state index in [2.05, 4.69) is 9.97 Å². The molecule has 0 fully saturated rings. The summed E-state index contributed by atoms with van der Waals surface area (Å²) in [4.78, 5) is 8.26. The minimum absolute atomic E-state index is 0.162. The van der Waals surface area contributed by atoms with Gasteiger partial charge in [-0.15, -0.1) is 0 Å². The Kier molecular flexibility index (Phi) is 5.59. The Hall–Kier alpha value is -2.37. The minimum atomic E-state index is -3.91. The summed E-state index contributed by atoms with van der Waals surface area (Å²) in [5.74, 6) is -0.177. The van der Waals surface area contributed by atoms with E-state index in [-0.39, 0.29) is 12.2 Å². The second-order valence-electron chi connectivity index (χ2n) is 5.15. The lowest BCUT2D eigenvalue weighted by Gasteiger charge is -2.28. The van der Waals surface area contributed by atoms with Crippen molar-refractivity contribution in [2.45, 2.75) is 24.6 Å². The molecular formula is C16H17FN4O2S. The number of aromatic nitrogens is 2. The second kappa shape index (κ2) is 7.47. The Morgan fingerprint density at radius 2 is 1.83 bits per heavy atom. The molecule has 0 amide bonds. The van der Waals surface area contributed by atoms with Crippen LogP contribution in [0.5, 0.6) is 0 Å². The van der Waals surface area contributed by atoms with E-state index in [1.807, 2.05) is 6.07 Å². The third kappa shape index (κ3) is 3.58. The van der Waals surface area contributed by atoms with Crippen molar-refractivity contribution in [3.05, 3.63) is 59.9 Å². The molecule has 2 atom stereocenters. The van der Waals surface area contributed by atoms with Gasteiger partial charge in [0.1, 0.15) is 11.9 Å². The highest BCUT2D eigenvalue weighted by Gasteiger charge is 2.36. The Labute approximate surface area is 140 Å². The van der Waals surface area contributed by atoms with Crippen LogP contribution in [0.4, 0.5) is 4.39 Å². The predicted octanol–water partition coefficient (Wildman–Crippen LogP) is 2.27. The van der Waals surface area contributed by atoms with E-state index in [4.69, 9.17) is 5.26 Å². The number of hydrogen-bond acceptors (Lipinski definition) is 5. The Balaban J connectivity index is 2.55. The molecule has 1 aromatic carbocycles. The maximum absolute atomic E-state index is 13.2. The van der Waals surface area contributed by atoms with Crippen LogP contribution in [0.2, 0.25) is 0 Å². The zero-order valence-electron chi connectivity index (χ0n) is 13.3. The van der Waals surface area contributed by atoms with Crippen molar-refractivity contribution in [1.29, 1.82) is 5.26 Å². The summed E-state index contributed by atoms with van der Waals surface area (Å²) < 4.78 is 39.7. The van der Waals surface area contributed by atoms with Gasteiger partial charge in [0.05, 0.1) is 6.07 Å². The van der Waals surface area contributed by atoms with E-state index in [1.165, 1.54) is 43.7 Å². The summed E-state index contributed by atoms with van der Waals surface area (Å²) in [6, 6.07) is 8.03. The van der Waals surface area contributed by atoms with E-state index >= 15 is 0 Å². The largest absolute Gasteiger partial charge is 0.239 e. The monoisotopic (exact) mass is 348 g/mol. The first-order chi connectivity index (χ1) is 11.4. The normalized spacial score (nSPS) is 14.1. The summed E-state index contributed by atoms with van der Waals surface area (Å²) in [5.41, 5.74) is 0.515. The summed E-state index contributed by atoms with van der Waals surface area (Å²) >= 11 is 0. The topological polar surface area (TPSA) is 87.0 Å². The second-order valence-corrected chi connectivity index (χ2v) is 7.32. The van der Waals surface area contributed by atoms with Crippen molar-refractivity contribution in [3.63, 3.8) is 0 Å². The molecule has 0 spiro atoms. The molecule has 0 unspecified atom stereocenters. The molecule has 0 saturated carbocycles. The van der Waals surface area contributed by atoms with Crippen LogP contribution in [-0.4, -0.2) is 35.0 Å². The van der Waals surface area contributed by atoms with Gasteiger partial charge in [-0.1, -0.05) is 19.1 Å². The molecule has 1 aromatic heterocycles. The first kappa shape index (κ1) is 18.0. The fourth-order valence-corrected chi connectivity index (χ4v) is 3.80. The Morgan fingerprint density at radius 1 is 1.25 bits per heavy atom. The van der Waals surface area contributed by atoms with Crippen LogP contribution in [0.25, 0.3) is 0 Å². The molecule has 0 aliphatic carbocycles. The van der Waals surface area contributed by atoms with Gasteiger partial charge in [-0.3, -0.25) is 0 Å². The summed E-state index contributed by atoms with van der Waals surface area (Å²) in [6.45, 7) is 1.63. The molecule has 0 aliphatic rings. The minimum Gasteiger partial charge on any atom is -0.239 e. The number of hydrogen-bond donors (Lipinski definition) is 0. The molecule has 0 aliphatic heterocycles. The van der Waals surface area contributed by atoms with Gasteiger partial charge < -0.3 is 0 Å². The number of sulfonamides is 1. The molecule has 0 bridgehead atoms. The van der Waals surface area contributed by atoms with E-state index in [0.717, 1.165) is 4.31 Å². The lowest BCUT2D eigenvalue weighted by Crippen LogP contribution is -2.39. The maximum atomic E-state index is 13.2. The van der Waals surface area contributed by atoms with Crippen molar-refractivity contribution >= 4 is 10.0 Å². The van der Waals surface area contributed by atoms with Gasteiger partial charge in [0.25, 0.3) is 0 Å². The van der Waals surface area contributed by atoms with Gasteiger partial charge in [-0.05, 0) is 30.2 Å². The lowest BCUT2D eigenvalue weighted by molar-refractivity contribution is 0.400. The van der Waals surface area contributed by atoms with Gasteiger partial charge in [-0.25, -0.2) is 22.8 Å². The molecule has 2 aromatic rings. The Morgan fingerprint density at radius 3 is 2.33 bits per heavy atom. The SMILES string of the molecule is CC[C@H](C#N)S(=O)(=O)N(C)[C@@H](c1ccc(F)cc1)c1ncccn1. The highest BCUT2D eigenvalue weighted by Crippen LogP contribution is 2.29. The molecule has 8 heteroatoms. The van der Waals surface area contributed by atoms with Gasteiger partial charge in [-0.2, -0.15) is 9.57 Å². The van der Waals surface area contributed by atoms with Crippen molar-refractivity contribution in [1.82, 2.24) is 14.3 Å². The standard InChI is InChI=1S/C16H17FN4O2S/c1-3-14(11-18)24(22,23)21(2)15(16-19-9-4-10-20-16)12-5-7-13(17)8-6-12/h4-10,14-15H,3H2,1-2H3/t14-,15+/m1/s1. The molecule has 126 valence electrons. The van der Waals surface area contributed by atoms with E-state index in [1.54, 1.807) is 13.0 Å². The van der Waals surface area contributed by atoms with Crippen LogP contribution in [0.15, 0.2) is 42.7 Å². The molecule has 24 heavy (non-hydrogen) atoms. The quantitative estimate of drug-likeness (QED) is 0.799. The summed E-state index contributed by atoms with van der Waals surface area (Å²) in [7, 11) is -2.53. The van der Waals surface area contributed by atoms with Crippen LogP contribution < -0.4 is 0 Å². The number of rotatable bonds is 6. The highest BCUT2D eigenvalue weighted by molar-refractivity contribution is 7.90. The molecule has 0 saturated heterocycles. The van der Waals surface area contributed by atoms with Crippen molar-refractivity contribution in [2.24, 2.45) is 0 Å². The smallest absolute Gasteiger partial charge is 0.231 e. The molecule has 1 heterocycles. The van der Waals surface area contributed by atoms with Gasteiger partial charge >= 0.3 is 0 Å². The van der Waals surface area contributed by atoms with Crippen LogP contribution in [-0.2, 0) is 10.0 Å². The summed E-state index contributed by atoms with van der Waals surface area (Å²) in [5, 5.41) is 7.96. The summed E-state index contributed by atoms with van der Waals surface area (Å²) in [6.07, 6.45) is 3.16. The van der Waals surface area contributed by atoms with Crippen molar-refractivity contribution < 1.29 is 12.8 Å². The molecule has 0 N–H and O–H groups in total. The van der Waals surface area contributed by atoms with E-state index in [9.17, 15) is 12.8 Å². The van der Waals surface area contributed by atoms with Gasteiger partial charge in [0.15, 0.2) is 11.1 Å². The van der Waals surface area contributed by atoms with Crippen LogP contribution in [0.3, 0.4) is 0 Å². The molecule has 2 rings (SSSR count). The third-order valence-corrected chi connectivity index (χ3v) is 5.83. The molecular weight excluding hydrogens is 331 g/mol. The number of halogens is 1. The van der Waals surface area contributed by atoms with Crippen molar-refractivity contribution in [2.75, 3.05) is 7.05 Å². The average Bonchev–Trinajstić information content (AvgIpc) is 2.58. The maximum Gasteiger partial charge on any atom is 0.231 e. The average molecular weight is 348 g/mol. The first-order valence-corrected chi connectivity index (χ1v) is 8.81. The van der Waals surface area contributed by atoms with Crippen LogP contribution >= 0.6 is 0 Å². The predicted molar refractivity (Wildman–Crippen MR) is 86.6 cm³/mol. The number of nitrogens with zero attached hydrogens (tertiary/aromatic N) is 4. The number of benzene rings is 1. The van der Waals surface area contributed by atoms with E-state index < -0.39 is 27.1 Å². The van der Waals surface area contributed by atoms with Crippen LogP contribution in [0, 0.1) is 17.1 Å². The third-order valence-electron chi connectivity index (χ3n) is 3.66. The molecule has 6 nitrogen and oxygen atoms in total. The zero-order valence-corrected chi connectivity index (χ0v) is 14.1. The number of nitriles is 1. The van der Waals surface area contributed by atoms with Gasteiger partial charge in [0, 0.05) is 19.4 Å². The van der Waals surface area contributed by atoms with Crippen molar-refractivity contribution in [3.8, 4) is 6.07 Å². The van der Waals surface area contributed by atoms with E-state index in [0.29, 0.717) is 5.56 Å². The van der Waals surface area contributed by atoms with Crippen LogP contribution in [0.1, 0.15) is 30.8 Å². The van der Waals surface area contributed by atoms with Gasteiger partial charge in [0.2, 0.25) is 10.0 Å². The fourth-order valence-electron chi connectivity index (χ4n) is 2.33. The first-order valence-electron chi connectivity index (χ1n) is 7.30. The Bertz CT molecular complexity index is 819. The molecule has 0 radical (unpaired) electrons. The fraction of sp³-hybridized carbons (Fsp3) is 0.312. The lowest BCUT2D eigenvalue weighted by atomic mass is 10.1. The zero-order chi connectivity index (χ0) is 17.7.